The Morgan fingerprint density at radius 2 is 2.00 bits per heavy atom. The van der Waals surface area contributed by atoms with Gasteiger partial charge >= 0.3 is 0 Å². The van der Waals surface area contributed by atoms with Gasteiger partial charge in [-0.2, -0.15) is 0 Å². The maximum absolute atomic E-state index is 12.2. The maximum atomic E-state index is 12.2. The van der Waals surface area contributed by atoms with Gasteiger partial charge in [-0.25, -0.2) is 13.1 Å². The number of hydrogen-bond acceptors (Lipinski definition) is 3. The zero-order valence-corrected chi connectivity index (χ0v) is 13.3. The zero-order valence-electron chi connectivity index (χ0n) is 12.4. The maximum Gasteiger partial charge on any atom is 0.240 e. The highest BCUT2D eigenvalue weighted by molar-refractivity contribution is 7.89. The fourth-order valence-corrected chi connectivity index (χ4v) is 3.12. The van der Waals surface area contributed by atoms with Gasteiger partial charge in [0.15, 0.2) is 0 Å². The summed E-state index contributed by atoms with van der Waals surface area (Å²) in [5, 5.41) is 3.33. The Labute approximate surface area is 122 Å². The smallest absolute Gasteiger partial charge is 0.240 e. The van der Waals surface area contributed by atoms with Crippen LogP contribution in [0.1, 0.15) is 37.8 Å². The average molecular weight is 296 g/mol. The Hall–Kier alpha value is -0.910. The Balaban J connectivity index is 2.12. The van der Waals surface area contributed by atoms with Crippen LogP contribution in [0, 0.1) is 12.8 Å². The molecule has 0 amide bonds. The van der Waals surface area contributed by atoms with Crippen LogP contribution >= 0.6 is 0 Å². The number of aryl methyl sites for hydroxylation is 1. The van der Waals surface area contributed by atoms with E-state index in [-0.39, 0.29) is 0 Å². The van der Waals surface area contributed by atoms with Crippen molar-refractivity contribution in [1.29, 1.82) is 0 Å². The van der Waals surface area contributed by atoms with Crippen LogP contribution in [-0.4, -0.2) is 21.0 Å². The molecule has 2 N–H and O–H groups in total. The Morgan fingerprint density at radius 1 is 1.30 bits per heavy atom. The van der Waals surface area contributed by atoms with Gasteiger partial charge in [0.05, 0.1) is 4.90 Å². The van der Waals surface area contributed by atoms with Crippen molar-refractivity contribution in [3.63, 3.8) is 0 Å². The predicted octanol–water partition coefficient (Wildman–Crippen LogP) is 2.18. The molecule has 20 heavy (non-hydrogen) atoms. The van der Waals surface area contributed by atoms with Crippen molar-refractivity contribution in [2.45, 2.75) is 51.1 Å². The summed E-state index contributed by atoms with van der Waals surface area (Å²) in [6.07, 6.45) is 2.28. The van der Waals surface area contributed by atoms with Gasteiger partial charge in [-0.15, -0.1) is 0 Å². The van der Waals surface area contributed by atoms with E-state index in [4.69, 9.17) is 0 Å². The van der Waals surface area contributed by atoms with Crippen LogP contribution in [0.4, 0.5) is 0 Å². The third kappa shape index (κ3) is 4.30. The summed E-state index contributed by atoms with van der Waals surface area (Å²) in [5.74, 6) is 0.539. The van der Waals surface area contributed by atoms with E-state index in [2.05, 4.69) is 23.9 Å². The molecule has 0 aromatic heterocycles. The molecule has 0 saturated heterocycles. The predicted molar refractivity (Wildman–Crippen MR) is 81.1 cm³/mol. The van der Waals surface area contributed by atoms with Crippen LogP contribution in [-0.2, 0) is 16.6 Å². The second-order valence-electron chi connectivity index (χ2n) is 5.92. The molecule has 1 aliphatic carbocycles. The molecule has 1 fully saturated rings. The van der Waals surface area contributed by atoms with Crippen LogP contribution in [0.25, 0.3) is 0 Å². The summed E-state index contributed by atoms with van der Waals surface area (Å²) < 4.78 is 27.2. The van der Waals surface area contributed by atoms with Gasteiger partial charge in [0.2, 0.25) is 10.0 Å². The van der Waals surface area contributed by atoms with Gasteiger partial charge in [-0.05, 0) is 48.9 Å². The van der Waals surface area contributed by atoms with Crippen molar-refractivity contribution < 1.29 is 8.42 Å². The quantitative estimate of drug-likeness (QED) is 0.811. The molecule has 5 heteroatoms. The minimum Gasteiger partial charge on any atom is -0.310 e. The first kappa shape index (κ1) is 15.5. The first-order valence-corrected chi connectivity index (χ1v) is 8.69. The summed E-state index contributed by atoms with van der Waals surface area (Å²) in [7, 11) is -3.37. The van der Waals surface area contributed by atoms with Gasteiger partial charge in [0.25, 0.3) is 0 Å². The van der Waals surface area contributed by atoms with E-state index in [1.165, 1.54) is 0 Å². The summed E-state index contributed by atoms with van der Waals surface area (Å²) in [5.41, 5.74) is 2.15. The van der Waals surface area contributed by atoms with Crippen molar-refractivity contribution in [2.75, 3.05) is 6.54 Å². The number of hydrogen-bond donors (Lipinski definition) is 2. The summed E-state index contributed by atoms with van der Waals surface area (Å²) in [6, 6.07) is 5.72. The van der Waals surface area contributed by atoms with Crippen molar-refractivity contribution >= 4 is 10.0 Å². The third-order valence-electron chi connectivity index (χ3n) is 3.59. The normalized spacial score (nSPS) is 15.8. The second-order valence-corrected chi connectivity index (χ2v) is 7.69. The molecular weight excluding hydrogens is 272 g/mol. The van der Waals surface area contributed by atoms with Gasteiger partial charge in [-0.1, -0.05) is 19.9 Å². The van der Waals surface area contributed by atoms with E-state index < -0.39 is 10.0 Å². The molecule has 112 valence electrons. The SMILES string of the molecule is Cc1ccc(S(=O)(=O)NCC2CC2)cc1CNC(C)C. The Kier molecular flexibility index (Phi) is 4.83. The van der Waals surface area contributed by atoms with Crippen LogP contribution < -0.4 is 10.0 Å². The van der Waals surface area contributed by atoms with Crippen molar-refractivity contribution in [1.82, 2.24) is 10.0 Å². The number of sulfonamides is 1. The van der Waals surface area contributed by atoms with Crippen molar-refractivity contribution in [2.24, 2.45) is 5.92 Å². The molecule has 0 heterocycles. The Bertz CT molecular complexity index is 563. The number of rotatable bonds is 7. The number of benzene rings is 1. The van der Waals surface area contributed by atoms with E-state index in [9.17, 15) is 8.42 Å². The standard InChI is InChI=1S/C15H24N2O2S/c1-11(2)16-10-14-8-15(7-4-12(14)3)20(18,19)17-9-13-5-6-13/h4,7-8,11,13,16-17H,5-6,9-10H2,1-3H3. The lowest BCUT2D eigenvalue weighted by Gasteiger charge is -2.13. The second kappa shape index (κ2) is 6.24. The molecule has 1 saturated carbocycles. The molecule has 2 rings (SSSR count). The van der Waals surface area contributed by atoms with Gasteiger partial charge in [0, 0.05) is 19.1 Å². The molecule has 0 atom stereocenters. The molecule has 0 spiro atoms. The molecule has 0 unspecified atom stereocenters. The summed E-state index contributed by atoms with van der Waals surface area (Å²) in [4.78, 5) is 0.365. The van der Waals surface area contributed by atoms with E-state index in [1.54, 1.807) is 12.1 Å². The summed E-state index contributed by atoms with van der Waals surface area (Å²) >= 11 is 0. The van der Waals surface area contributed by atoms with Crippen molar-refractivity contribution in [3.05, 3.63) is 29.3 Å². The lowest BCUT2D eigenvalue weighted by Crippen LogP contribution is -2.26. The van der Waals surface area contributed by atoms with E-state index in [0.717, 1.165) is 24.0 Å². The molecule has 1 aromatic rings. The molecule has 0 bridgehead atoms. The van der Waals surface area contributed by atoms with E-state index >= 15 is 0 Å². The van der Waals surface area contributed by atoms with Crippen molar-refractivity contribution in [3.8, 4) is 0 Å². The molecule has 1 aromatic carbocycles. The highest BCUT2D eigenvalue weighted by atomic mass is 32.2. The molecule has 1 aliphatic rings. The fraction of sp³-hybridized carbons (Fsp3) is 0.600. The zero-order chi connectivity index (χ0) is 14.8. The lowest BCUT2D eigenvalue weighted by atomic mass is 10.1. The van der Waals surface area contributed by atoms with Gasteiger partial charge in [-0.3, -0.25) is 0 Å². The molecular formula is C15H24N2O2S. The van der Waals surface area contributed by atoms with E-state index in [0.29, 0.717) is 29.9 Å². The monoisotopic (exact) mass is 296 g/mol. The topological polar surface area (TPSA) is 58.2 Å². The highest BCUT2D eigenvalue weighted by Crippen LogP contribution is 2.28. The van der Waals surface area contributed by atoms with Gasteiger partial charge < -0.3 is 5.32 Å². The summed E-state index contributed by atoms with van der Waals surface area (Å²) in [6.45, 7) is 7.41. The average Bonchev–Trinajstić information content (AvgIpc) is 3.19. The first-order valence-electron chi connectivity index (χ1n) is 7.21. The largest absolute Gasteiger partial charge is 0.310 e. The number of nitrogens with one attached hydrogen (secondary N) is 2. The van der Waals surface area contributed by atoms with Crippen LogP contribution in [0.5, 0.6) is 0 Å². The molecule has 0 aliphatic heterocycles. The van der Waals surface area contributed by atoms with E-state index in [1.807, 2.05) is 13.0 Å². The third-order valence-corrected chi connectivity index (χ3v) is 5.01. The fourth-order valence-electron chi connectivity index (χ4n) is 1.95. The van der Waals surface area contributed by atoms with Gasteiger partial charge in [0.1, 0.15) is 0 Å². The minimum atomic E-state index is -3.37. The highest BCUT2D eigenvalue weighted by Gasteiger charge is 2.24. The van der Waals surface area contributed by atoms with Crippen LogP contribution in [0.2, 0.25) is 0 Å². The Morgan fingerprint density at radius 3 is 2.60 bits per heavy atom. The lowest BCUT2D eigenvalue weighted by molar-refractivity contribution is 0.575. The first-order chi connectivity index (χ1) is 9.38. The molecule has 0 radical (unpaired) electrons. The van der Waals surface area contributed by atoms with Crippen LogP contribution in [0.3, 0.4) is 0 Å². The molecule has 4 nitrogen and oxygen atoms in total. The van der Waals surface area contributed by atoms with Crippen LogP contribution in [0.15, 0.2) is 23.1 Å². The minimum absolute atomic E-state index is 0.365.